The van der Waals surface area contributed by atoms with Crippen LogP contribution in [0.3, 0.4) is 0 Å². The fraction of sp³-hybridized carbons (Fsp3) is 0.471. The van der Waals surface area contributed by atoms with Crippen LogP contribution in [-0.2, 0) is 24.9 Å². The van der Waals surface area contributed by atoms with E-state index in [0.29, 0.717) is 10.0 Å². The molecule has 0 fully saturated rings. The zero-order chi connectivity index (χ0) is 15.9. The molecule has 1 aromatic heterocycles. The zero-order valence-corrected chi connectivity index (χ0v) is 15.4. The van der Waals surface area contributed by atoms with Gasteiger partial charge >= 0.3 is 0 Å². The van der Waals surface area contributed by atoms with Gasteiger partial charge in [0.15, 0.2) is 0 Å². The van der Waals surface area contributed by atoms with Gasteiger partial charge in [0.05, 0.1) is 20.7 Å². The number of fused-ring (bicyclic) bond motifs is 1. The molecule has 22 heavy (non-hydrogen) atoms. The summed E-state index contributed by atoms with van der Waals surface area (Å²) in [5.41, 5.74) is 2.63. The van der Waals surface area contributed by atoms with Crippen molar-refractivity contribution < 1.29 is 0 Å². The summed E-state index contributed by atoms with van der Waals surface area (Å²) < 4.78 is 0. The van der Waals surface area contributed by atoms with E-state index < -0.39 is 0 Å². The lowest BCUT2D eigenvalue weighted by Crippen LogP contribution is -2.29. The van der Waals surface area contributed by atoms with Gasteiger partial charge in [-0.1, -0.05) is 50.0 Å². The molecule has 0 atom stereocenters. The molecule has 0 aliphatic carbocycles. The number of thiazole rings is 1. The van der Waals surface area contributed by atoms with Crippen molar-refractivity contribution in [2.24, 2.45) is 0 Å². The van der Waals surface area contributed by atoms with Crippen LogP contribution in [0, 0.1) is 0 Å². The minimum atomic E-state index is 0.135. The lowest BCUT2D eigenvalue weighted by Gasteiger charge is -2.26. The Labute approximate surface area is 146 Å². The molecule has 0 saturated carbocycles. The van der Waals surface area contributed by atoms with Crippen molar-refractivity contribution in [3.63, 3.8) is 0 Å². The molecular weight excluding hydrogens is 335 g/mol. The SMILES string of the molecule is CC(C)(C)c1nc2c(s1)CN(Cc1ccc(Cl)c(Cl)c1)CC2. The van der Waals surface area contributed by atoms with E-state index in [9.17, 15) is 0 Å². The van der Waals surface area contributed by atoms with E-state index in [0.717, 1.165) is 26.1 Å². The van der Waals surface area contributed by atoms with Crippen LogP contribution in [0.25, 0.3) is 0 Å². The molecule has 0 unspecified atom stereocenters. The average Bonchev–Trinajstić information content (AvgIpc) is 2.86. The second-order valence-electron chi connectivity index (χ2n) is 6.85. The predicted octanol–water partition coefficient (Wildman–Crippen LogP) is 5.31. The molecule has 0 radical (unpaired) electrons. The topological polar surface area (TPSA) is 16.1 Å². The molecule has 2 aromatic rings. The van der Waals surface area contributed by atoms with E-state index in [1.54, 1.807) is 0 Å². The van der Waals surface area contributed by atoms with Gasteiger partial charge in [-0.15, -0.1) is 11.3 Å². The Morgan fingerprint density at radius 3 is 2.68 bits per heavy atom. The van der Waals surface area contributed by atoms with Gasteiger partial charge < -0.3 is 0 Å². The lowest BCUT2D eigenvalue weighted by molar-refractivity contribution is 0.247. The van der Waals surface area contributed by atoms with Crippen LogP contribution in [0.5, 0.6) is 0 Å². The van der Waals surface area contributed by atoms with Crippen LogP contribution < -0.4 is 0 Å². The number of hydrogen-bond donors (Lipinski definition) is 0. The van der Waals surface area contributed by atoms with E-state index in [1.807, 2.05) is 23.5 Å². The quantitative estimate of drug-likeness (QED) is 0.726. The van der Waals surface area contributed by atoms with Crippen LogP contribution >= 0.6 is 34.5 Å². The highest BCUT2D eigenvalue weighted by molar-refractivity contribution is 7.11. The predicted molar refractivity (Wildman–Crippen MR) is 95.1 cm³/mol. The molecule has 0 saturated heterocycles. The van der Waals surface area contributed by atoms with Gasteiger partial charge in [-0.05, 0) is 17.7 Å². The molecule has 5 heteroatoms. The Kier molecular flexibility index (Phi) is 4.52. The molecule has 2 heterocycles. The maximum Gasteiger partial charge on any atom is 0.0985 e. The molecule has 0 spiro atoms. The Balaban J connectivity index is 1.74. The first kappa shape index (κ1) is 16.3. The van der Waals surface area contributed by atoms with E-state index >= 15 is 0 Å². The number of hydrogen-bond acceptors (Lipinski definition) is 3. The second kappa shape index (κ2) is 6.12. The Morgan fingerprint density at radius 1 is 1.23 bits per heavy atom. The highest BCUT2D eigenvalue weighted by Gasteiger charge is 2.25. The summed E-state index contributed by atoms with van der Waals surface area (Å²) in [7, 11) is 0. The first-order chi connectivity index (χ1) is 10.3. The molecule has 0 amide bonds. The smallest absolute Gasteiger partial charge is 0.0985 e. The van der Waals surface area contributed by atoms with Crippen molar-refractivity contribution in [1.29, 1.82) is 0 Å². The number of benzene rings is 1. The largest absolute Gasteiger partial charge is 0.294 e. The summed E-state index contributed by atoms with van der Waals surface area (Å²) in [6, 6.07) is 5.89. The molecule has 1 aromatic carbocycles. The highest BCUT2D eigenvalue weighted by Crippen LogP contribution is 2.33. The van der Waals surface area contributed by atoms with Crippen molar-refractivity contribution in [1.82, 2.24) is 9.88 Å². The van der Waals surface area contributed by atoms with Crippen LogP contribution in [0.1, 0.15) is 41.9 Å². The third-order valence-corrected chi connectivity index (χ3v) is 6.09. The normalized spacial score (nSPS) is 15.9. The molecule has 1 aliphatic heterocycles. The monoisotopic (exact) mass is 354 g/mol. The van der Waals surface area contributed by atoms with Gasteiger partial charge in [-0.2, -0.15) is 0 Å². The van der Waals surface area contributed by atoms with E-state index in [4.69, 9.17) is 28.2 Å². The van der Waals surface area contributed by atoms with Crippen molar-refractivity contribution >= 4 is 34.5 Å². The first-order valence-corrected chi connectivity index (χ1v) is 9.05. The standard InChI is InChI=1S/C17H20Cl2N2S/c1-17(2,3)16-20-14-6-7-21(10-15(14)22-16)9-11-4-5-12(18)13(19)8-11/h4-5,8H,6-7,9-10H2,1-3H3. The van der Waals surface area contributed by atoms with Crippen molar-refractivity contribution in [3.8, 4) is 0 Å². The maximum absolute atomic E-state index is 6.11. The minimum Gasteiger partial charge on any atom is -0.294 e. The Bertz CT molecular complexity index is 688. The average molecular weight is 355 g/mol. The van der Waals surface area contributed by atoms with E-state index in [2.05, 4.69) is 31.7 Å². The van der Waals surface area contributed by atoms with Gasteiger partial charge in [-0.3, -0.25) is 4.90 Å². The first-order valence-electron chi connectivity index (χ1n) is 7.48. The molecule has 0 N–H and O–H groups in total. The number of halogens is 2. The van der Waals surface area contributed by atoms with Crippen LogP contribution in [0.2, 0.25) is 10.0 Å². The zero-order valence-electron chi connectivity index (χ0n) is 13.1. The fourth-order valence-electron chi connectivity index (χ4n) is 2.60. The highest BCUT2D eigenvalue weighted by atomic mass is 35.5. The van der Waals surface area contributed by atoms with Gasteiger partial charge in [0, 0.05) is 36.3 Å². The molecule has 1 aliphatic rings. The summed E-state index contributed by atoms with van der Waals surface area (Å²) in [6.45, 7) is 9.60. The van der Waals surface area contributed by atoms with Gasteiger partial charge in [0.2, 0.25) is 0 Å². The molecule has 0 bridgehead atoms. The van der Waals surface area contributed by atoms with Crippen molar-refractivity contribution in [2.75, 3.05) is 6.54 Å². The second-order valence-corrected chi connectivity index (χ2v) is 8.75. The third kappa shape index (κ3) is 3.48. The number of nitrogens with zero attached hydrogens (tertiary/aromatic N) is 2. The molecular formula is C17H20Cl2N2S. The van der Waals surface area contributed by atoms with Crippen LogP contribution in [0.15, 0.2) is 18.2 Å². The number of rotatable bonds is 2. The summed E-state index contributed by atoms with van der Waals surface area (Å²) in [6.07, 6.45) is 1.03. The van der Waals surface area contributed by atoms with Crippen LogP contribution in [-0.4, -0.2) is 16.4 Å². The summed E-state index contributed by atoms with van der Waals surface area (Å²) in [5.74, 6) is 0. The minimum absolute atomic E-state index is 0.135. The molecule has 2 nitrogen and oxygen atoms in total. The van der Waals surface area contributed by atoms with E-state index in [-0.39, 0.29) is 5.41 Å². The van der Waals surface area contributed by atoms with Gasteiger partial charge in [0.1, 0.15) is 0 Å². The van der Waals surface area contributed by atoms with Crippen molar-refractivity contribution in [3.05, 3.63) is 49.4 Å². The third-order valence-electron chi connectivity index (χ3n) is 3.84. The summed E-state index contributed by atoms with van der Waals surface area (Å²) >= 11 is 14.0. The number of aromatic nitrogens is 1. The van der Waals surface area contributed by atoms with E-state index in [1.165, 1.54) is 21.1 Å². The lowest BCUT2D eigenvalue weighted by atomic mass is 9.98. The summed E-state index contributed by atoms with van der Waals surface area (Å²) in [4.78, 5) is 8.71. The molecule has 3 rings (SSSR count). The van der Waals surface area contributed by atoms with Gasteiger partial charge in [0.25, 0.3) is 0 Å². The van der Waals surface area contributed by atoms with Crippen molar-refractivity contribution in [2.45, 2.75) is 45.7 Å². The van der Waals surface area contributed by atoms with Crippen LogP contribution in [0.4, 0.5) is 0 Å². The maximum atomic E-state index is 6.11. The van der Waals surface area contributed by atoms with Gasteiger partial charge in [-0.25, -0.2) is 4.98 Å². The molecule has 118 valence electrons. The summed E-state index contributed by atoms with van der Waals surface area (Å²) in [5, 5.41) is 2.49. The fourth-order valence-corrected chi connectivity index (χ4v) is 4.13. The Hall–Kier alpha value is -0.610. The Morgan fingerprint density at radius 2 is 2.00 bits per heavy atom.